The van der Waals surface area contributed by atoms with Gasteiger partial charge in [-0.25, -0.2) is 18.1 Å². The molecule has 3 aromatic carbocycles. The Kier molecular flexibility index (Phi) is 7.25. The van der Waals surface area contributed by atoms with Crippen molar-refractivity contribution < 1.29 is 24.8 Å². The number of fused-ring (bicyclic) bond motifs is 1. The van der Waals surface area contributed by atoms with E-state index in [1.807, 2.05) is 59.1 Å². The van der Waals surface area contributed by atoms with E-state index < -0.39 is 10.0 Å². The molecule has 1 aromatic heterocycles. The predicted octanol–water partition coefficient (Wildman–Crippen LogP) is 4.81. The molecule has 0 unspecified atom stereocenters. The number of halogens is 1. The maximum atomic E-state index is 14.0. The highest BCUT2D eigenvalue weighted by Gasteiger charge is 2.46. The number of carbonyl (C=O) groups excluding carboxylic acids is 1. The van der Waals surface area contributed by atoms with E-state index in [1.54, 1.807) is 18.3 Å². The molecule has 9 heteroatoms. The van der Waals surface area contributed by atoms with Crippen molar-refractivity contribution in [2.45, 2.75) is 49.1 Å². The lowest BCUT2D eigenvalue weighted by molar-refractivity contribution is -0.288. The molecule has 0 radical (unpaired) electrons. The van der Waals surface area contributed by atoms with Gasteiger partial charge < -0.3 is 9.47 Å². The number of aromatic nitrogens is 2. The summed E-state index contributed by atoms with van der Waals surface area (Å²) in [4.78, 5) is 20.5. The molecule has 1 N–H and O–H groups in total. The summed E-state index contributed by atoms with van der Waals surface area (Å²) in [7, 11) is -1.83. The lowest BCUT2D eigenvalue weighted by Gasteiger charge is -2.29. The summed E-state index contributed by atoms with van der Waals surface area (Å²) in [6.07, 6.45) is 6.85. The molecule has 1 amide bonds. The number of aryl methyl sites for hydroxylation is 2. The molecular formula is C31H32ClN4O3S+. The minimum Gasteiger partial charge on any atom is -0.337 e. The molecule has 6 rings (SSSR count). The van der Waals surface area contributed by atoms with E-state index in [1.165, 1.54) is 17.7 Å². The number of benzene rings is 3. The van der Waals surface area contributed by atoms with E-state index in [4.69, 9.17) is 11.6 Å². The summed E-state index contributed by atoms with van der Waals surface area (Å²) in [6, 6.07) is 22.1. The van der Waals surface area contributed by atoms with Crippen LogP contribution in [0.15, 0.2) is 90.1 Å². The summed E-state index contributed by atoms with van der Waals surface area (Å²) in [5.41, 5.74) is 3.95. The maximum absolute atomic E-state index is 14.0. The summed E-state index contributed by atoms with van der Waals surface area (Å²) < 4.78 is 31.3. The average Bonchev–Trinajstić information content (AvgIpc) is 3.66. The Morgan fingerprint density at radius 2 is 1.88 bits per heavy atom. The van der Waals surface area contributed by atoms with Crippen LogP contribution in [0, 0.1) is 17.5 Å². The first kappa shape index (κ1) is 26.7. The van der Waals surface area contributed by atoms with E-state index in [0.717, 1.165) is 41.9 Å². The number of hydrogen-bond donors (Lipinski definition) is 1. The number of nitrogens with zero attached hydrogens (tertiary/aromatic N) is 3. The van der Waals surface area contributed by atoms with Gasteiger partial charge in [0.15, 0.2) is 11.6 Å². The second-order valence-electron chi connectivity index (χ2n) is 10.7. The van der Waals surface area contributed by atoms with Crippen molar-refractivity contribution in [3.05, 3.63) is 113 Å². The number of amides is 1. The fourth-order valence-corrected chi connectivity index (χ4v) is 7.06. The van der Waals surface area contributed by atoms with E-state index in [9.17, 15) is 13.2 Å². The van der Waals surface area contributed by atoms with E-state index in [0.29, 0.717) is 18.0 Å². The zero-order chi connectivity index (χ0) is 27.9. The second kappa shape index (κ2) is 10.8. The first-order chi connectivity index (χ1) is 19.3. The van der Waals surface area contributed by atoms with Gasteiger partial charge in [0.25, 0.3) is 0 Å². The van der Waals surface area contributed by atoms with Gasteiger partial charge in [-0.05, 0) is 72.6 Å². The lowest BCUT2D eigenvalue weighted by atomic mass is 9.87. The molecule has 0 spiro atoms. The normalized spacial score (nSPS) is 20.1. The zero-order valence-corrected chi connectivity index (χ0v) is 23.9. The van der Waals surface area contributed by atoms with Gasteiger partial charge in [0.2, 0.25) is 21.0 Å². The number of imidazole rings is 1. The molecule has 4 aromatic rings. The van der Waals surface area contributed by atoms with Crippen molar-refractivity contribution in [1.82, 2.24) is 14.3 Å². The van der Waals surface area contributed by atoms with Crippen LogP contribution in [-0.2, 0) is 34.8 Å². The Morgan fingerprint density at radius 3 is 2.60 bits per heavy atom. The second-order valence-corrected chi connectivity index (χ2v) is 12.8. The number of sulfonamides is 1. The van der Waals surface area contributed by atoms with Crippen LogP contribution in [-0.4, -0.2) is 23.9 Å². The van der Waals surface area contributed by atoms with Gasteiger partial charge in [0.05, 0.1) is 11.4 Å². The average molecular weight is 576 g/mol. The highest BCUT2D eigenvalue weighted by molar-refractivity contribution is 7.89. The molecule has 0 aliphatic heterocycles. The van der Waals surface area contributed by atoms with Crippen LogP contribution in [0.1, 0.15) is 53.7 Å². The number of nitrogens with one attached hydrogen (secondary N) is 1. The van der Waals surface area contributed by atoms with Gasteiger partial charge in [-0.2, -0.15) is 0 Å². The largest absolute Gasteiger partial charge is 0.337 e. The number of rotatable bonds is 8. The molecule has 2 aliphatic carbocycles. The van der Waals surface area contributed by atoms with Crippen molar-refractivity contribution in [2.75, 3.05) is 4.90 Å². The highest BCUT2D eigenvalue weighted by atomic mass is 35.5. The Bertz CT molecular complexity index is 1640. The molecule has 3 atom stereocenters. The van der Waals surface area contributed by atoms with Gasteiger partial charge >= 0.3 is 0 Å². The summed E-state index contributed by atoms with van der Waals surface area (Å²) >= 11 is 5.12. The molecule has 7 nitrogen and oxygen atoms in total. The fourth-order valence-electron chi connectivity index (χ4n) is 5.67. The highest BCUT2D eigenvalue weighted by Crippen LogP contribution is 2.49. The Balaban J connectivity index is 1.31. The van der Waals surface area contributed by atoms with Crippen LogP contribution in [0.5, 0.6) is 0 Å². The van der Waals surface area contributed by atoms with Crippen LogP contribution in [0.4, 0.5) is 5.69 Å². The SMILES string of the molecule is Cn1ccnc1CN(C(=O)[C@@H]1C[C@H]1c1ccccc1)c1ccc2c(c1)[C@@H](NS(=O)(=O)c1ccc([ClH+])cc1)CCC2. The summed E-state index contributed by atoms with van der Waals surface area (Å²) in [5.74, 6) is 0.954. The van der Waals surface area contributed by atoms with Crippen molar-refractivity contribution >= 4 is 21.6 Å². The first-order valence-electron chi connectivity index (χ1n) is 13.5. The van der Waals surface area contributed by atoms with Gasteiger partial charge in [0, 0.05) is 49.2 Å². The first-order valence-corrected chi connectivity index (χ1v) is 15.4. The third-order valence-corrected chi connectivity index (χ3v) is 9.77. The predicted molar refractivity (Wildman–Crippen MR) is 151 cm³/mol. The third-order valence-electron chi connectivity index (χ3n) is 8.01. The van der Waals surface area contributed by atoms with E-state index in [2.05, 4.69) is 21.8 Å². The number of carbonyl (C=O) groups is 1. The lowest BCUT2D eigenvalue weighted by Crippen LogP contribution is -2.34. The topological polar surface area (TPSA) is 84.3 Å². The number of anilines is 1. The van der Waals surface area contributed by atoms with E-state index >= 15 is 0 Å². The molecular weight excluding hydrogens is 544 g/mol. The van der Waals surface area contributed by atoms with E-state index in [-0.39, 0.29) is 28.7 Å². The van der Waals surface area contributed by atoms with Crippen LogP contribution in [0.3, 0.4) is 0 Å². The van der Waals surface area contributed by atoms with Crippen molar-refractivity contribution in [1.29, 1.82) is 0 Å². The minimum atomic E-state index is -3.75. The third kappa shape index (κ3) is 5.44. The number of hydrogen-bond acceptors (Lipinski definition) is 4. The molecule has 1 heterocycles. The Hall–Kier alpha value is -3.46. The Labute approximate surface area is 239 Å². The zero-order valence-electron chi connectivity index (χ0n) is 22.2. The molecule has 1 saturated carbocycles. The smallest absolute Gasteiger partial charge is 0.241 e. The summed E-state index contributed by atoms with van der Waals surface area (Å²) in [6.45, 7) is 0.336. The van der Waals surface area contributed by atoms with Crippen LogP contribution in [0.25, 0.3) is 0 Å². The van der Waals surface area contributed by atoms with Gasteiger partial charge in [-0.15, -0.1) is 0 Å². The standard InChI is InChI=1S/C31H32ClN4O3S/c1-35-17-16-33-30(35)20-36(31(37)28-19-26(28)21-6-3-2-4-7-21)24-13-10-22-8-5-9-29(27(22)18-24)34-40(38,39)25-14-11-23(32)12-15-25/h2-4,6-7,10-18,26,28-29,32,34H,5,8-9,19-20H2,1H3/q+1/t26-,28+,29-/m0/s1. The van der Waals surface area contributed by atoms with Crippen LogP contribution in [0.2, 0.25) is 5.02 Å². The fraction of sp³-hybridized carbons (Fsp3) is 0.290. The van der Waals surface area contributed by atoms with Gasteiger partial charge in [-0.3, -0.25) is 4.79 Å². The monoisotopic (exact) mass is 575 g/mol. The molecule has 1 fully saturated rings. The maximum Gasteiger partial charge on any atom is 0.241 e. The Morgan fingerprint density at radius 1 is 1.10 bits per heavy atom. The summed E-state index contributed by atoms with van der Waals surface area (Å²) in [5, 5.41) is 0.592. The van der Waals surface area contributed by atoms with Crippen molar-refractivity contribution in [3.63, 3.8) is 0 Å². The van der Waals surface area contributed by atoms with Crippen molar-refractivity contribution in [3.8, 4) is 0 Å². The van der Waals surface area contributed by atoms with Crippen LogP contribution < -0.4 is 9.62 Å². The van der Waals surface area contributed by atoms with Crippen LogP contribution >= 0.6 is 0 Å². The molecule has 0 saturated heterocycles. The minimum absolute atomic E-state index is 0.0637. The molecule has 206 valence electrons. The van der Waals surface area contributed by atoms with Crippen molar-refractivity contribution in [2.24, 2.45) is 13.0 Å². The van der Waals surface area contributed by atoms with Gasteiger partial charge in [-0.1, -0.05) is 36.4 Å². The molecule has 0 bridgehead atoms. The molecule has 2 aliphatic rings. The quantitative estimate of drug-likeness (QED) is 0.327. The molecule has 40 heavy (non-hydrogen) atoms. The van der Waals surface area contributed by atoms with Gasteiger partial charge in [0.1, 0.15) is 5.82 Å².